The molecular weight excluding hydrogens is 230 g/mol. The van der Waals surface area contributed by atoms with Crippen LogP contribution in [0.15, 0.2) is 78.9 Å². The van der Waals surface area contributed by atoms with Crippen molar-refractivity contribution in [1.29, 1.82) is 0 Å². The van der Waals surface area contributed by atoms with Crippen molar-refractivity contribution < 1.29 is 4.57 Å². The normalized spacial score (nSPS) is 10.4. The monoisotopic (exact) mass is 246 g/mol. The molecule has 1 heterocycles. The Morgan fingerprint density at radius 1 is 0.526 bits per heavy atom. The Hall–Kier alpha value is -2.41. The summed E-state index contributed by atoms with van der Waals surface area (Å²) in [6.07, 6.45) is 0. The van der Waals surface area contributed by atoms with E-state index in [1.54, 1.807) is 0 Å². The lowest BCUT2D eigenvalue weighted by molar-refractivity contribution is -0.649. The molecule has 0 atom stereocenters. The summed E-state index contributed by atoms with van der Waals surface area (Å²) in [7, 11) is 2.12. The molecule has 0 saturated carbocycles. The molecule has 3 aromatic rings. The summed E-state index contributed by atoms with van der Waals surface area (Å²) >= 11 is 0. The molecule has 0 N–H and O–H groups in total. The maximum absolute atomic E-state index is 2.24. The zero-order valence-electron chi connectivity index (χ0n) is 11.0. The van der Waals surface area contributed by atoms with Crippen LogP contribution >= 0.6 is 0 Å². The number of aromatic nitrogens is 1. The average Bonchev–Trinajstić information content (AvgIpc) is 2.49. The minimum absolute atomic E-state index is 1.22. The standard InChI is InChI=1S/C18H16N/c1-19-17(15-9-4-2-5-10-15)13-8-14-18(19)16-11-6-3-7-12-16/h2-14H,1H3/q+1. The molecule has 0 aliphatic carbocycles. The van der Waals surface area contributed by atoms with E-state index in [2.05, 4.69) is 78.3 Å². The molecule has 92 valence electrons. The van der Waals surface area contributed by atoms with E-state index in [1.807, 2.05) is 12.1 Å². The van der Waals surface area contributed by atoms with Crippen molar-refractivity contribution in [3.63, 3.8) is 0 Å². The molecule has 1 aromatic heterocycles. The van der Waals surface area contributed by atoms with Crippen LogP contribution in [0.1, 0.15) is 0 Å². The van der Waals surface area contributed by atoms with Gasteiger partial charge >= 0.3 is 0 Å². The Morgan fingerprint density at radius 2 is 0.947 bits per heavy atom. The summed E-state index contributed by atoms with van der Waals surface area (Å²) in [5, 5.41) is 0. The molecule has 0 spiro atoms. The number of rotatable bonds is 2. The summed E-state index contributed by atoms with van der Waals surface area (Å²) < 4.78 is 2.24. The first-order chi connectivity index (χ1) is 9.36. The molecule has 0 amide bonds. The van der Waals surface area contributed by atoms with E-state index in [0.29, 0.717) is 0 Å². The predicted molar refractivity (Wildman–Crippen MR) is 78.5 cm³/mol. The van der Waals surface area contributed by atoms with Gasteiger partial charge in [0.25, 0.3) is 0 Å². The molecule has 3 rings (SSSR count). The lowest BCUT2D eigenvalue weighted by Crippen LogP contribution is -2.33. The first-order valence-electron chi connectivity index (χ1n) is 6.46. The summed E-state index contributed by atoms with van der Waals surface area (Å²) in [6, 6.07) is 27.4. The highest BCUT2D eigenvalue weighted by Crippen LogP contribution is 2.19. The molecule has 0 aliphatic heterocycles. The maximum Gasteiger partial charge on any atom is 0.212 e. The Kier molecular flexibility index (Phi) is 3.11. The molecule has 0 unspecified atom stereocenters. The van der Waals surface area contributed by atoms with Gasteiger partial charge in [-0.1, -0.05) is 36.4 Å². The summed E-state index contributed by atoms with van der Waals surface area (Å²) in [5.74, 6) is 0. The molecule has 0 bridgehead atoms. The number of pyridine rings is 1. The van der Waals surface area contributed by atoms with Crippen LogP contribution in [0.4, 0.5) is 0 Å². The van der Waals surface area contributed by atoms with Gasteiger partial charge < -0.3 is 0 Å². The average molecular weight is 246 g/mol. The Balaban J connectivity index is 2.15. The topological polar surface area (TPSA) is 3.88 Å². The van der Waals surface area contributed by atoms with Crippen molar-refractivity contribution >= 4 is 0 Å². The van der Waals surface area contributed by atoms with Gasteiger partial charge in [0, 0.05) is 23.3 Å². The maximum atomic E-state index is 2.24. The zero-order valence-corrected chi connectivity index (χ0v) is 11.0. The second-order valence-corrected chi connectivity index (χ2v) is 4.59. The zero-order chi connectivity index (χ0) is 13.1. The highest BCUT2D eigenvalue weighted by Gasteiger charge is 2.14. The number of hydrogen-bond acceptors (Lipinski definition) is 0. The van der Waals surface area contributed by atoms with Gasteiger partial charge in [0.2, 0.25) is 11.4 Å². The first kappa shape index (κ1) is 11.7. The highest BCUT2D eigenvalue weighted by atomic mass is 14.9. The van der Waals surface area contributed by atoms with Crippen molar-refractivity contribution in [2.24, 2.45) is 7.05 Å². The lowest BCUT2D eigenvalue weighted by Gasteiger charge is -2.05. The van der Waals surface area contributed by atoms with Crippen LogP contribution in [-0.4, -0.2) is 0 Å². The highest BCUT2D eigenvalue weighted by molar-refractivity contribution is 5.60. The van der Waals surface area contributed by atoms with E-state index in [1.165, 1.54) is 22.5 Å². The third kappa shape index (κ3) is 2.27. The molecule has 1 heteroatoms. The summed E-state index contributed by atoms with van der Waals surface area (Å²) in [4.78, 5) is 0. The molecule has 1 nitrogen and oxygen atoms in total. The number of hydrogen-bond donors (Lipinski definition) is 0. The van der Waals surface area contributed by atoms with Crippen LogP contribution in [0.2, 0.25) is 0 Å². The van der Waals surface area contributed by atoms with Gasteiger partial charge in [0.05, 0.1) is 0 Å². The first-order valence-corrected chi connectivity index (χ1v) is 6.46. The van der Waals surface area contributed by atoms with E-state index < -0.39 is 0 Å². The van der Waals surface area contributed by atoms with Crippen molar-refractivity contribution in [2.75, 3.05) is 0 Å². The van der Waals surface area contributed by atoms with Crippen LogP contribution in [0, 0.1) is 0 Å². The van der Waals surface area contributed by atoms with Crippen LogP contribution < -0.4 is 4.57 Å². The van der Waals surface area contributed by atoms with E-state index >= 15 is 0 Å². The van der Waals surface area contributed by atoms with Gasteiger partial charge in [0.15, 0.2) is 0 Å². The minimum atomic E-state index is 1.22. The second kappa shape index (κ2) is 5.07. The second-order valence-electron chi connectivity index (χ2n) is 4.59. The van der Waals surface area contributed by atoms with Gasteiger partial charge in [-0.3, -0.25) is 0 Å². The van der Waals surface area contributed by atoms with Gasteiger partial charge in [-0.15, -0.1) is 0 Å². The Morgan fingerprint density at radius 3 is 1.37 bits per heavy atom. The lowest BCUT2D eigenvalue weighted by atomic mass is 10.1. The van der Waals surface area contributed by atoms with Crippen LogP contribution in [-0.2, 0) is 7.05 Å². The summed E-state index contributed by atoms with van der Waals surface area (Å²) in [5.41, 5.74) is 4.93. The smallest absolute Gasteiger partial charge is 0.194 e. The van der Waals surface area contributed by atoms with Crippen LogP contribution in [0.25, 0.3) is 22.5 Å². The van der Waals surface area contributed by atoms with Gasteiger partial charge in [0.1, 0.15) is 7.05 Å². The van der Waals surface area contributed by atoms with Crippen LogP contribution in [0.3, 0.4) is 0 Å². The summed E-state index contributed by atoms with van der Waals surface area (Å²) in [6.45, 7) is 0. The minimum Gasteiger partial charge on any atom is -0.194 e. The van der Waals surface area contributed by atoms with Crippen molar-refractivity contribution in [3.05, 3.63) is 78.9 Å². The Bertz CT molecular complexity index is 615. The van der Waals surface area contributed by atoms with E-state index in [-0.39, 0.29) is 0 Å². The third-order valence-corrected chi connectivity index (χ3v) is 3.37. The van der Waals surface area contributed by atoms with Gasteiger partial charge in [-0.25, -0.2) is 0 Å². The predicted octanol–water partition coefficient (Wildman–Crippen LogP) is 3.85. The van der Waals surface area contributed by atoms with Gasteiger partial charge in [-0.2, -0.15) is 4.57 Å². The molecule has 0 radical (unpaired) electrons. The number of benzene rings is 2. The van der Waals surface area contributed by atoms with Crippen LogP contribution in [0.5, 0.6) is 0 Å². The van der Waals surface area contributed by atoms with E-state index in [9.17, 15) is 0 Å². The van der Waals surface area contributed by atoms with Crippen molar-refractivity contribution in [2.45, 2.75) is 0 Å². The third-order valence-electron chi connectivity index (χ3n) is 3.37. The molecular formula is C18H16N+. The SMILES string of the molecule is C[n+]1c(-c2ccccc2)cccc1-c1ccccc1. The van der Waals surface area contributed by atoms with Gasteiger partial charge in [-0.05, 0) is 30.3 Å². The molecule has 19 heavy (non-hydrogen) atoms. The molecule has 0 aliphatic rings. The fraction of sp³-hybridized carbons (Fsp3) is 0.0556. The van der Waals surface area contributed by atoms with Crippen molar-refractivity contribution in [3.8, 4) is 22.5 Å². The number of nitrogens with zero attached hydrogens (tertiary/aromatic N) is 1. The quantitative estimate of drug-likeness (QED) is 0.605. The van der Waals surface area contributed by atoms with E-state index in [0.717, 1.165) is 0 Å². The molecule has 0 fully saturated rings. The Labute approximate surface area is 113 Å². The largest absolute Gasteiger partial charge is 0.212 e. The van der Waals surface area contributed by atoms with E-state index in [4.69, 9.17) is 0 Å². The van der Waals surface area contributed by atoms with Crippen molar-refractivity contribution in [1.82, 2.24) is 0 Å². The fourth-order valence-corrected chi connectivity index (χ4v) is 2.38. The molecule has 2 aromatic carbocycles. The fourth-order valence-electron chi connectivity index (χ4n) is 2.38. The molecule has 0 saturated heterocycles.